The number of hydrazone groups is 1. The zero-order valence-electron chi connectivity index (χ0n) is 16.0. The number of ether oxygens (including phenoxy) is 2. The molecular weight excluding hydrogens is 368 g/mol. The second-order valence-electron chi connectivity index (χ2n) is 6.10. The van der Waals surface area contributed by atoms with Crippen LogP contribution >= 0.6 is 0 Å². The van der Waals surface area contributed by atoms with Gasteiger partial charge in [0.25, 0.3) is 5.91 Å². The van der Waals surface area contributed by atoms with Gasteiger partial charge in [0.05, 0.1) is 12.8 Å². The minimum Gasteiger partial charge on any atom is -0.504 e. The highest BCUT2D eigenvalue weighted by atomic mass is 16.5. The van der Waals surface area contributed by atoms with E-state index in [-0.39, 0.29) is 12.4 Å². The van der Waals surface area contributed by atoms with Crippen molar-refractivity contribution in [1.29, 1.82) is 0 Å². The summed E-state index contributed by atoms with van der Waals surface area (Å²) in [5, 5.41) is 13.9. The van der Waals surface area contributed by atoms with Crippen molar-refractivity contribution in [3.8, 4) is 28.4 Å². The van der Waals surface area contributed by atoms with E-state index >= 15 is 0 Å². The minimum atomic E-state index is -0.408. The van der Waals surface area contributed by atoms with Gasteiger partial charge in [-0.25, -0.2) is 5.43 Å². The van der Waals surface area contributed by atoms with Crippen molar-refractivity contribution >= 4 is 12.1 Å². The van der Waals surface area contributed by atoms with E-state index in [9.17, 15) is 9.90 Å². The Morgan fingerprint density at radius 2 is 1.69 bits per heavy atom. The third kappa shape index (κ3) is 5.59. The Hall–Kier alpha value is -3.80. The molecule has 6 nitrogen and oxygen atoms in total. The quantitative estimate of drug-likeness (QED) is 0.450. The SMILES string of the molecule is CCOc1cccc(/C=N\NC(=O)COc2ccc(-c3ccccc3)cc2)c1O. The normalized spacial score (nSPS) is 10.7. The first-order valence-corrected chi connectivity index (χ1v) is 9.22. The number of phenolic OH excluding ortho intramolecular Hbond substituents is 1. The van der Waals surface area contributed by atoms with Gasteiger partial charge in [0.15, 0.2) is 18.1 Å². The van der Waals surface area contributed by atoms with Crippen molar-refractivity contribution in [3.05, 3.63) is 78.4 Å². The van der Waals surface area contributed by atoms with E-state index in [1.807, 2.05) is 61.5 Å². The Morgan fingerprint density at radius 3 is 2.41 bits per heavy atom. The summed E-state index contributed by atoms with van der Waals surface area (Å²) in [5.74, 6) is 0.520. The standard InChI is InChI=1S/C23H22N2O4/c1-2-28-21-10-6-9-19(23(21)27)15-24-25-22(26)16-29-20-13-11-18(12-14-20)17-7-4-3-5-8-17/h3-15,27H,2,16H2,1H3,(H,25,26)/b24-15-. The van der Waals surface area contributed by atoms with Crippen LogP contribution in [0.25, 0.3) is 11.1 Å². The fourth-order valence-electron chi connectivity index (χ4n) is 2.64. The molecule has 6 heteroatoms. The molecule has 0 saturated heterocycles. The van der Waals surface area contributed by atoms with Gasteiger partial charge in [-0.3, -0.25) is 4.79 Å². The van der Waals surface area contributed by atoms with Gasteiger partial charge >= 0.3 is 0 Å². The molecule has 2 N–H and O–H groups in total. The number of aromatic hydroxyl groups is 1. The Morgan fingerprint density at radius 1 is 0.966 bits per heavy atom. The molecule has 3 aromatic carbocycles. The lowest BCUT2D eigenvalue weighted by Gasteiger charge is -2.08. The maximum Gasteiger partial charge on any atom is 0.277 e. The van der Waals surface area contributed by atoms with Crippen molar-refractivity contribution in [2.45, 2.75) is 6.92 Å². The zero-order chi connectivity index (χ0) is 20.5. The van der Waals surface area contributed by atoms with Gasteiger partial charge in [-0.05, 0) is 42.3 Å². The predicted molar refractivity (Wildman–Crippen MR) is 112 cm³/mol. The molecule has 29 heavy (non-hydrogen) atoms. The van der Waals surface area contributed by atoms with Crippen LogP contribution in [0.4, 0.5) is 0 Å². The maximum absolute atomic E-state index is 11.9. The van der Waals surface area contributed by atoms with Crippen LogP contribution in [0, 0.1) is 0 Å². The summed E-state index contributed by atoms with van der Waals surface area (Å²) in [6, 6.07) is 22.6. The second kappa shape index (κ2) is 9.94. The fourth-order valence-corrected chi connectivity index (χ4v) is 2.64. The first-order valence-electron chi connectivity index (χ1n) is 9.22. The van der Waals surface area contributed by atoms with Gasteiger partial charge in [0.2, 0.25) is 0 Å². The molecule has 148 valence electrons. The first kappa shape index (κ1) is 19.9. The van der Waals surface area contributed by atoms with Crippen molar-refractivity contribution in [2.24, 2.45) is 5.10 Å². The highest BCUT2D eigenvalue weighted by molar-refractivity contribution is 5.86. The molecule has 0 aromatic heterocycles. The summed E-state index contributed by atoms with van der Waals surface area (Å²) >= 11 is 0. The predicted octanol–water partition coefficient (Wildman–Crippen LogP) is 3.99. The number of nitrogens with zero attached hydrogens (tertiary/aromatic N) is 1. The van der Waals surface area contributed by atoms with Crippen molar-refractivity contribution in [3.63, 3.8) is 0 Å². The number of carbonyl (C=O) groups excluding carboxylic acids is 1. The maximum atomic E-state index is 11.9. The molecule has 0 spiro atoms. The van der Waals surface area contributed by atoms with E-state index in [0.29, 0.717) is 23.7 Å². The van der Waals surface area contributed by atoms with Crippen LogP contribution in [0.3, 0.4) is 0 Å². The Kier molecular flexibility index (Phi) is 6.84. The number of hydrogen-bond acceptors (Lipinski definition) is 5. The summed E-state index contributed by atoms with van der Waals surface area (Å²) < 4.78 is 10.8. The molecule has 0 radical (unpaired) electrons. The van der Waals surface area contributed by atoms with Crippen LogP contribution in [0.15, 0.2) is 77.9 Å². The van der Waals surface area contributed by atoms with Crippen LogP contribution in [-0.4, -0.2) is 30.4 Å². The van der Waals surface area contributed by atoms with E-state index in [0.717, 1.165) is 11.1 Å². The molecule has 0 bridgehead atoms. The molecule has 3 aromatic rings. The largest absolute Gasteiger partial charge is 0.504 e. The number of rotatable bonds is 8. The van der Waals surface area contributed by atoms with Gasteiger partial charge in [-0.15, -0.1) is 0 Å². The monoisotopic (exact) mass is 390 g/mol. The van der Waals surface area contributed by atoms with E-state index in [1.54, 1.807) is 18.2 Å². The molecule has 0 atom stereocenters. The molecule has 0 unspecified atom stereocenters. The van der Waals surface area contributed by atoms with Gasteiger partial charge in [-0.1, -0.05) is 48.5 Å². The summed E-state index contributed by atoms with van der Waals surface area (Å²) in [6.45, 7) is 2.09. The summed E-state index contributed by atoms with van der Waals surface area (Å²) in [7, 11) is 0. The topological polar surface area (TPSA) is 80.2 Å². The molecule has 0 aliphatic heterocycles. The van der Waals surface area contributed by atoms with Gasteiger partial charge in [0.1, 0.15) is 5.75 Å². The molecule has 1 amide bonds. The lowest BCUT2D eigenvalue weighted by atomic mass is 10.1. The molecule has 0 saturated carbocycles. The van der Waals surface area contributed by atoms with E-state index < -0.39 is 5.91 Å². The van der Waals surface area contributed by atoms with Gasteiger partial charge in [0, 0.05) is 5.56 Å². The first-order chi connectivity index (χ1) is 14.2. The Bertz CT molecular complexity index is 970. The highest BCUT2D eigenvalue weighted by Gasteiger charge is 2.06. The third-order valence-corrected chi connectivity index (χ3v) is 4.05. The zero-order valence-corrected chi connectivity index (χ0v) is 16.0. The van der Waals surface area contributed by atoms with E-state index in [1.165, 1.54) is 6.21 Å². The Labute approximate surface area is 169 Å². The number of hydrogen-bond donors (Lipinski definition) is 2. The lowest BCUT2D eigenvalue weighted by Crippen LogP contribution is -2.24. The molecule has 0 heterocycles. The van der Waals surface area contributed by atoms with E-state index in [4.69, 9.17) is 9.47 Å². The van der Waals surface area contributed by atoms with Crippen molar-refractivity contribution < 1.29 is 19.4 Å². The molecule has 0 aliphatic rings. The minimum absolute atomic E-state index is 0.0258. The van der Waals surface area contributed by atoms with E-state index in [2.05, 4.69) is 10.5 Å². The smallest absolute Gasteiger partial charge is 0.277 e. The summed E-state index contributed by atoms with van der Waals surface area (Å²) in [6.07, 6.45) is 1.35. The van der Waals surface area contributed by atoms with Crippen molar-refractivity contribution in [2.75, 3.05) is 13.2 Å². The summed E-state index contributed by atoms with van der Waals surface area (Å²) in [5.41, 5.74) is 4.99. The lowest BCUT2D eigenvalue weighted by molar-refractivity contribution is -0.123. The number of amides is 1. The van der Waals surface area contributed by atoms with Gasteiger partial charge < -0.3 is 14.6 Å². The third-order valence-electron chi connectivity index (χ3n) is 4.05. The number of para-hydroxylation sites is 1. The van der Waals surface area contributed by atoms with Crippen LogP contribution in [0.1, 0.15) is 12.5 Å². The van der Waals surface area contributed by atoms with Gasteiger partial charge in [-0.2, -0.15) is 5.10 Å². The van der Waals surface area contributed by atoms with Crippen molar-refractivity contribution in [1.82, 2.24) is 5.43 Å². The number of benzene rings is 3. The molecule has 0 fully saturated rings. The molecule has 0 aliphatic carbocycles. The fraction of sp³-hybridized carbons (Fsp3) is 0.130. The molecule has 3 rings (SSSR count). The van der Waals surface area contributed by atoms with Crippen LogP contribution in [-0.2, 0) is 4.79 Å². The van der Waals surface area contributed by atoms with Crippen LogP contribution in [0.2, 0.25) is 0 Å². The highest BCUT2D eigenvalue weighted by Crippen LogP contribution is 2.28. The second-order valence-corrected chi connectivity index (χ2v) is 6.10. The van der Waals surface area contributed by atoms with Crippen LogP contribution < -0.4 is 14.9 Å². The van der Waals surface area contributed by atoms with Crippen LogP contribution in [0.5, 0.6) is 17.2 Å². The summed E-state index contributed by atoms with van der Waals surface area (Å²) in [4.78, 5) is 11.9. The number of phenols is 1. The Balaban J connectivity index is 1.50. The average molecular weight is 390 g/mol. The average Bonchev–Trinajstić information content (AvgIpc) is 2.76. The molecular formula is C23H22N2O4. The number of nitrogens with one attached hydrogen (secondary N) is 1. The number of carbonyl (C=O) groups is 1.